The lowest BCUT2D eigenvalue weighted by molar-refractivity contribution is -0.385. The molecule has 19 heavy (non-hydrogen) atoms. The summed E-state index contributed by atoms with van der Waals surface area (Å²) in [4.78, 5) is 20.9. The molecule has 0 amide bonds. The predicted molar refractivity (Wildman–Crippen MR) is 66.7 cm³/mol. The second-order valence-corrected chi connectivity index (χ2v) is 3.70. The smallest absolute Gasteiger partial charge is 0.320 e. The van der Waals surface area contributed by atoms with E-state index in [9.17, 15) is 14.9 Å². The van der Waals surface area contributed by atoms with E-state index in [-0.39, 0.29) is 24.5 Å². The summed E-state index contributed by atoms with van der Waals surface area (Å²) < 4.78 is 5.03. The van der Waals surface area contributed by atoms with Crippen molar-refractivity contribution in [3.05, 3.63) is 33.9 Å². The van der Waals surface area contributed by atoms with Crippen molar-refractivity contribution in [2.75, 3.05) is 6.61 Å². The van der Waals surface area contributed by atoms with Gasteiger partial charge in [0.1, 0.15) is 12.6 Å². The van der Waals surface area contributed by atoms with E-state index >= 15 is 0 Å². The van der Waals surface area contributed by atoms with Crippen molar-refractivity contribution in [3.8, 4) is 18.1 Å². The van der Waals surface area contributed by atoms with E-state index in [0.29, 0.717) is 5.56 Å². The van der Waals surface area contributed by atoms with E-state index in [1.54, 1.807) is 0 Å². The number of rotatable bonds is 6. The number of nitro benzene ring substituents is 1. The van der Waals surface area contributed by atoms with E-state index in [1.807, 2.05) is 0 Å². The molecule has 0 spiro atoms. The molecule has 0 aliphatic carbocycles. The van der Waals surface area contributed by atoms with Crippen LogP contribution >= 0.6 is 0 Å². The second-order valence-electron chi connectivity index (χ2n) is 3.70. The highest BCUT2D eigenvalue weighted by Gasteiger charge is 2.18. The van der Waals surface area contributed by atoms with Gasteiger partial charge in [-0.05, 0) is 18.1 Å². The lowest BCUT2D eigenvalue weighted by Crippen LogP contribution is -2.32. The molecule has 1 aromatic carbocycles. The number of aliphatic carboxylic acids is 1. The molecular formula is C12H12N2O5. The van der Waals surface area contributed by atoms with Crippen LogP contribution in [0.15, 0.2) is 18.2 Å². The SMILES string of the molecule is C#CCOc1ccc(CC(N)C(=O)O)cc1[N+](=O)[O-]. The molecule has 0 aromatic heterocycles. The number of ether oxygens (including phenoxy) is 1. The van der Waals surface area contributed by atoms with E-state index in [1.165, 1.54) is 18.2 Å². The lowest BCUT2D eigenvalue weighted by Gasteiger charge is -2.08. The average Bonchev–Trinajstić information content (AvgIpc) is 2.36. The number of hydrogen-bond acceptors (Lipinski definition) is 5. The number of nitro groups is 1. The molecule has 3 N–H and O–H groups in total. The van der Waals surface area contributed by atoms with Gasteiger partial charge in [0.2, 0.25) is 0 Å². The highest BCUT2D eigenvalue weighted by Crippen LogP contribution is 2.28. The number of nitrogens with two attached hydrogens (primary N) is 1. The van der Waals surface area contributed by atoms with Crippen molar-refractivity contribution in [2.24, 2.45) is 5.73 Å². The topological polar surface area (TPSA) is 116 Å². The summed E-state index contributed by atoms with van der Waals surface area (Å²) >= 11 is 0. The molecule has 0 saturated heterocycles. The monoisotopic (exact) mass is 264 g/mol. The van der Waals surface area contributed by atoms with Crippen LogP contribution in [0.1, 0.15) is 5.56 Å². The third kappa shape index (κ3) is 3.97. The normalized spacial score (nSPS) is 11.4. The Hall–Kier alpha value is -2.59. The quantitative estimate of drug-likeness (QED) is 0.440. The zero-order chi connectivity index (χ0) is 14.4. The third-order valence-electron chi connectivity index (χ3n) is 2.30. The number of carbonyl (C=O) groups is 1. The van der Waals surface area contributed by atoms with Gasteiger partial charge in [-0.3, -0.25) is 14.9 Å². The standard InChI is InChI=1S/C12H12N2O5/c1-2-5-19-11-4-3-8(6-9(13)12(15)16)7-10(11)14(17)18/h1,3-4,7,9H,5-6,13H2,(H,15,16). The first-order valence-electron chi connectivity index (χ1n) is 5.27. The average molecular weight is 264 g/mol. The predicted octanol–water partition coefficient (Wildman–Crippen LogP) is 0.561. The first-order valence-corrected chi connectivity index (χ1v) is 5.27. The van der Waals surface area contributed by atoms with Gasteiger partial charge < -0.3 is 15.6 Å². The molecule has 0 heterocycles. The minimum absolute atomic E-state index is 0.00834. The number of hydrogen-bond donors (Lipinski definition) is 2. The van der Waals surface area contributed by atoms with Crippen LogP contribution in [-0.2, 0) is 11.2 Å². The molecule has 0 fully saturated rings. The minimum Gasteiger partial charge on any atom is -0.480 e. The first kappa shape index (κ1) is 14.5. The summed E-state index contributed by atoms with van der Waals surface area (Å²) in [7, 11) is 0. The third-order valence-corrected chi connectivity index (χ3v) is 2.30. The highest BCUT2D eigenvalue weighted by atomic mass is 16.6. The highest BCUT2D eigenvalue weighted by molar-refractivity contribution is 5.73. The minimum atomic E-state index is -1.17. The number of carboxylic acid groups (broad SMARTS) is 1. The maximum atomic E-state index is 10.9. The lowest BCUT2D eigenvalue weighted by atomic mass is 10.1. The molecule has 0 radical (unpaired) electrons. The van der Waals surface area contributed by atoms with E-state index < -0.39 is 16.9 Å². The van der Waals surface area contributed by atoms with Crippen LogP contribution in [0, 0.1) is 22.5 Å². The maximum Gasteiger partial charge on any atom is 0.320 e. The number of carboxylic acids is 1. The van der Waals surface area contributed by atoms with Crippen molar-refractivity contribution in [3.63, 3.8) is 0 Å². The van der Waals surface area contributed by atoms with Crippen LogP contribution in [0.5, 0.6) is 5.75 Å². The van der Waals surface area contributed by atoms with Crippen molar-refractivity contribution in [1.82, 2.24) is 0 Å². The summed E-state index contributed by atoms with van der Waals surface area (Å²) in [6.45, 7) is -0.0885. The van der Waals surface area contributed by atoms with Crippen molar-refractivity contribution in [2.45, 2.75) is 12.5 Å². The van der Waals surface area contributed by atoms with Crippen LogP contribution in [0.25, 0.3) is 0 Å². The van der Waals surface area contributed by atoms with E-state index in [4.69, 9.17) is 22.0 Å². The number of terminal acetylenes is 1. The zero-order valence-electron chi connectivity index (χ0n) is 9.91. The molecule has 0 bridgehead atoms. The Balaban J connectivity index is 2.99. The summed E-state index contributed by atoms with van der Waals surface area (Å²) in [6, 6.07) is 3.01. The van der Waals surface area contributed by atoms with Crippen molar-refractivity contribution < 1.29 is 19.6 Å². The van der Waals surface area contributed by atoms with Gasteiger partial charge >= 0.3 is 11.7 Å². The summed E-state index contributed by atoms with van der Waals surface area (Å²) in [5, 5.41) is 19.6. The summed E-state index contributed by atoms with van der Waals surface area (Å²) in [5.74, 6) is 1.07. The van der Waals surface area contributed by atoms with Gasteiger partial charge in [-0.25, -0.2) is 0 Å². The fraction of sp³-hybridized carbons (Fsp3) is 0.250. The first-order chi connectivity index (χ1) is 8.95. The van der Waals surface area contributed by atoms with Gasteiger partial charge in [-0.2, -0.15) is 0 Å². The molecule has 0 saturated carbocycles. The van der Waals surface area contributed by atoms with Crippen molar-refractivity contribution in [1.29, 1.82) is 0 Å². The zero-order valence-corrected chi connectivity index (χ0v) is 9.91. The molecule has 1 rings (SSSR count). The van der Waals surface area contributed by atoms with Crippen molar-refractivity contribution >= 4 is 11.7 Å². The molecule has 7 heteroatoms. The Labute approximate surface area is 109 Å². The Morgan fingerprint density at radius 3 is 2.84 bits per heavy atom. The van der Waals surface area contributed by atoms with Crippen LogP contribution < -0.4 is 10.5 Å². The Bertz CT molecular complexity index is 535. The largest absolute Gasteiger partial charge is 0.480 e. The number of benzene rings is 1. The Morgan fingerprint density at radius 1 is 1.63 bits per heavy atom. The van der Waals surface area contributed by atoms with Gasteiger partial charge in [0.05, 0.1) is 4.92 Å². The van der Waals surface area contributed by atoms with Gasteiger partial charge in [0.25, 0.3) is 0 Å². The summed E-state index contributed by atoms with van der Waals surface area (Å²) in [5.41, 5.74) is 5.53. The molecule has 0 aliphatic rings. The van der Waals surface area contributed by atoms with E-state index in [2.05, 4.69) is 5.92 Å². The van der Waals surface area contributed by atoms with E-state index in [0.717, 1.165) is 0 Å². The second kappa shape index (κ2) is 6.37. The Kier molecular flexibility index (Phi) is 4.85. The molecule has 7 nitrogen and oxygen atoms in total. The maximum absolute atomic E-state index is 10.9. The Morgan fingerprint density at radius 2 is 2.32 bits per heavy atom. The molecule has 100 valence electrons. The fourth-order valence-electron chi connectivity index (χ4n) is 1.42. The molecular weight excluding hydrogens is 252 g/mol. The molecule has 1 unspecified atom stereocenters. The summed E-state index contributed by atoms with van der Waals surface area (Å²) in [6.07, 6.45) is 5.00. The fourth-order valence-corrected chi connectivity index (χ4v) is 1.42. The molecule has 1 atom stereocenters. The van der Waals surface area contributed by atoms with Crippen LogP contribution in [-0.4, -0.2) is 28.6 Å². The van der Waals surface area contributed by atoms with Gasteiger partial charge in [-0.15, -0.1) is 6.42 Å². The van der Waals surface area contributed by atoms with Gasteiger partial charge in [-0.1, -0.05) is 12.0 Å². The van der Waals surface area contributed by atoms with Crippen LogP contribution in [0.4, 0.5) is 5.69 Å². The molecule has 0 aliphatic heterocycles. The van der Waals surface area contributed by atoms with Gasteiger partial charge in [0, 0.05) is 6.07 Å². The van der Waals surface area contributed by atoms with Crippen LogP contribution in [0.3, 0.4) is 0 Å². The van der Waals surface area contributed by atoms with Crippen LogP contribution in [0.2, 0.25) is 0 Å². The van der Waals surface area contributed by atoms with Gasteiger partial charge in [0.15, 0.2) is 5.75 Å². The molecule has 1 aromatic rings. The number of nitrogens with zero attached hydrogens (tertiary/aromatic N) is 1.